The van der Waals surface area contributed by atoms with Crippen molar-refractivity contribution in [2.45, 2.75) is 11.9 Å². The maximum Gasteiger partial charge on any atom is 0.345 e. The van der Waals surface area contributed by atoms with Crippen molar-refractivity contribution in [2.24, 2.45) is 5.73 Å². The van der Waals surface area contributed by atoms with Crippen molar-refractivity contribution in [3.63, 3.8) is 0 Å². The highest BCUT2D eigenvalue weighted by Gasteiger charge is 2.35. The minimum Gasteiger partial charge on any atom is -0.479 e. The monoisotopic (exact) mass is 185 g/mol. The van der Waals surface area contributed by atoms with Gasteiger partial charge in [-0.25, -0.2) is 4.79 Å². The van der Waals surface area contributed by atoms with Crippen LogP contribution in [-0.2, 0) is 9.36 Å². The smallest absolute Gasteiger partial charge is 0.345 e. The zero-order chi connectivity index (χ0) is 9.23. The van der Waals surface area contributed by atoms with Crippen molar-refractivity contribution in [2.75, 3.05) is 0 Å². The average molecular weight is 185 g/mol. The topological polar surface area (TPSA) is 141 Å². The molecule has 0 fully saturated rings. The fourth-order valence-corrected chi connectivity index (χ4v) is 0.825. The number of nitrogens with two attached hydrogens (primary N) is 1. The fraction of sp³-hybridized carbons (Fsp3) is 0.667. The normalized spacial score (nSPS) is 17.5. The van der Waals surface area contributed by atoms with E-state index in [1.807, 2.05) is 0 Å². The Labute approximate surface area is 61.6 Å². The number of rotatable bonds is 3. The molecule has 0 aliphatic carbocycles. The molecule has 11 heavy (non-hydrogen) atoms. The van der Waals surface area contributed by atoms with Crippen LogP contribution >= 0.6 is 7.60 Å². The molecule has 8 heteroatoms. The molecular formula is C3H8NO6P. The Morgan fingerprint density at radius 1 is 1.45 bits per heavy atom. The van der Waals surface area contributed by atoms with E-state index in [4.69, 9.17) is 25.7 Å². The second-order valence-electron chi connectivity index (χ2n) is 1.86. The number of aliphatic hydroxyl groups excluding tert-OH is 1. The lowest BCUT2D eigenvalue weighted by molar-refractivity contribution is -0.146. The Balaban J connectivity index is 4.38. The Hall–Kier alpha value is -0.460. The van der Waals surface area contributed by atoms with Gasteiger partial charge in [0.1, 0.15) is 5.78 Å². The molecule has 0 aromatic carbocycles. The van der Waals surface area contributed by atoms with Gasteiger partial charge < -0.3 is 25.7 Å². The van der Waals surface area contributed by atoms with Gasteiger partial charge in [0.25, 0.3) is 0 Å². The van der Waals surface area contributed by atoms with Gasteiger partial charge in [0.2, 0.25) is 0 Å². The number of aliphatic hydroxyl groups is 1. The molecule has 0 aromatic rings. The summed E-state index contributed by atoms with van der Waals surface area (Å²) in [4.78, 5) is 26.5. The van der Waals surface area contributed by atoms with Gasteiger partial charge in [-0.2, -0.15) is 0 Å². The molecule has 2 atom stereocenters. The number of carboxylic acids is 1. The van der Waals surface area contributed by atoms with Gasteiger partial charge in [0.15, 0.2) is 6.10 Å². The molecular weight excluding hydrogens is 177 g/mol. The summed E-state index contributed by atoms with van der Waals surface area (Å²) in [6, 6.07) is 0. The van der Waals surface area contributed by atoms with Gasteiger partial charge in [-0.15, -0.1) is 0 Å². The van der Waals surface area contributed by atoms with Gasteiger partial charge in [-0.05, 0) is 0 Å². The molecule has 0 aliphatic rings. The third-order valence-electron chi connectivity index (χ3n) is 0.965. The quantitative estimate of drug-likeness (QED) is 0.317. The molecule has 0 spiro atoms. The van der Waals surface area contributed by atoms with Gasteiger partial charge in [0.05, 0.1) is 0 Å². The first-order valence-corrected chi connectivity index (χ1v) is 4.16. The Morgan fingerprint density at radius 3 is 1.91 bits per heavy atom. The summed E-state index contributed by atoms with van der Waals surface area (Å²) in [5, 5.41) is 16.6. The van der Waals surface area contributed by atoms with Crippen molar-refractivity contribution in [1.29, 1.82) is 0 Å². The lowest BCUT2D eigenvalue weighted by atomic mass is 10.4. The molecule has 0 amide bonds. The zero-order valence-corrected chi connectivity index (χ0v) is 6.18. The van der Waals surface area contributed by atoms with E-state index < -0.39 is 25.5 Å². The summed E-state index contributed by atoms with van der Waals surface area (Å²) in [7, 11) is -4.72. The first kappa shape index (κ1) is 10.5. The molecule has 6 N–H and O–H groups in total. The van der Waals surface area contributed by atoms with E-state index >= 15 is 0 Å². The summed E-state index contributed by atoms with van der Waals surface area (Å²) in [5.74, 6) is -3.83. The molecule has 0 bridgehead atoms. The standard InChI is InChI=1S/C3H8NO6P/c4-2(11(8,9)10)1(5)3(6)7/h1-2,5H,4H2,(H,6,7)(H2,8,9,10). The maximum absolute atomic E-state index is 10.2. The van der Waals surface area contributed by atoms with Crippen LogP contribution in [0, 0.1) is 0 Å². The highest BCUT2D eigenvalue weighted by Crippen LogP contribution is 2.39. The van der Waals surface area contributed by atoms with E-state index in [1.54, 1.807) is 0 Å². The molecule has 0 rings (SSSR count). The van der Waals surface area contributed by atoms with Gasteiger partial charge >= 0.3 is 13.6 Å². The highest BCUT2D eigenvalue weighted by atomic mass is 31.2. The number of hydrogen-bond donors (Lipinski definition) is 5. The van der Waals surface area contributed by atoms with Crippen molar-refractivity contribution in [3.05, 3.63) is 0 Å². The molecule has 0 aromatic heterocycles. The second-order valence-corrected chi connectivity index (χ2v) is 3.64. The summed E-state index contributed by atoms with van der Waals surface area (Å²) >= 11 is 0. The van der Waals surface area contributed by atoms with Gasteiger partial charge in [0, 0.05) is 0 Å². The molecule has 0 saturated heterocycles. The van der Waals surface area contributed by atoms with Crippen LogP contribution in [0.1, 0.15) is 0 Å². The van der Waals surface area contributed by atoms with Crippen LogP contribution in [-0.4, -0.2) is 37.9 Å². The molecule has 0 saturated carbocycles. The first-order valence-electron chi connectivity index (χ1n) is 2.48. The van der Waals surface area contributed by atoms with E-state index in [0.29, 0.717) is 0 Å². The molecule has 0 aliphatic heterocycles. The number of hydrogen-bond acceptors (Lipinski definition) is 4. The minimum atomic E-state index is -4.72. The number of aliphatic carboxylic acids is 1. The van der Waals surface area contributed by atoms with Crippen molar-refractivity contribution >= 4 is 13.6 Å². The fourth-order valence-electron chi connectivity index (χ4n) is 0.330. The predicted molar refractivity (Wildman–Crippen MR) is 33.7 cm³/mol. The van der Waals surface area contributed by atoms with E-state index in [1.165, 1.54) is 0 Å². The van der Waals surface area contributed by atoms with E-state index in [-0.39, 0.29) is 0 Å². The summed E-state index contributed by atoms with van der Waals surface area (Å²) in [6.07, 6.45) is -2.24. The van der Waals surface area contributed by atoms with Crippen LogP contribution < -0.4 is 5.73 Å². The van der Waals surface area contributed by atoms with Crippen molar-refractivity contribution < 1.29 is 29.4 Å². The molecule has 7 nitrogen and oxygen atoms in total. The molecule has 66 valence electrons. The SMILES string of the molecule is NC(C(O)C(=O)O)P(=O)(O)O. The Bertz CT molecular complexity index is 198. The van der Waals surface area contributed by atoms with Crippen molar-refractivity contribution in [1.82, 2.24) is 0 Å². The molecule has 2 unspecified atom stereocenters. The molecule has 0 radical (unpaired) electrons. The average Bonchev–Trinajstić information content (AvgIpc) is 1.82. The third-order valence-corrected chi connectivity index (χ3v) is 2.02. The van der Waals surface area contributed by atoms with Crippen LogP contribution in [0.15, 0.2) is 0 Å². The second kappa shape index (κ2) is 3.29. The zero-order valence-electron chi connectivity index (χ0n) is 5.28. The van der Waals surface area contributed by atoms with Crippen LogP contribution in [0.5, 0.6) is 0 Å². The van der Waals surface area contributed by atoms with Gasteiger partial charge in [-0.1, -0.05) is 0 Å². The third kappa shape index (κ3) is 2.96. The van der Waals surface area contributed by atoms with E-state index in [9.17, 15) is 9.36 Å². The van der Waals surface area contributed by atoms with Crippen molar-refractivity contribution in [3.8, 4) is 0 Å². The number of carbonyl (C=O) groups is 1. The lowest BCUT2D eigenvalue weighted by Gasteiger charge is -2.15. The summed E-state index contributed by atoms with van der Waals surface area (Å²) < 4.78 is 10.2. The van der Waals surface area contributed by atoms with E-state index in [2.05, 4.69) is 0 Å². The van der Waals surface area contributed by atoms with Crippen LogP contribution in [0.3, 0.4) is 0 Å². The summed E-state index contributed by atoms with van der Waals surface area (Å²) in [6.45, 7) is 0. The van der Waals surface area contributed by atoms with Crippen LogP contribution in [0.25, 0.3) is 0 Å². The lowest BCUT2D eigenvalue weighted by Crippen LogP contribution is -2.40. The maximum atomic E-state index is 10.2. The van der Waals surface area contributed by atoms with E-state index in [0.717, 1.165) is 0 Å². The van der Waals surface area contributed by atoms with Gasteiger partial charge in [-0.3, -0.25) is 4.57 Å². The number of carboxylic acid groups (broad SMARTS) is 1. The minimum absolute atomic E-state index is 1.76. The van der Waals surface area contributed by atoms with Crippen LogP contribution in [0.4, 0.5) is 0 Å². The highest BCUT2D eigenvalue weighted by molar-refractivity contribution is 7.52. The summed E-state index contributed by atoms with van der Waals surface area (Å²) in [5.41, 5.74) is 4.70. The predicted octanol–water partition coefficient (Wildman–Crippen LogP) is -2.11. The Kier molecular flexibility index (Phi) is 3.15. The Morgan fingerprint density at radius 2 is 1.82 bits per heavy atom. The van der Waals surface area contributed by atoms with Crippen LogP contribution in [0.2, 0.25) is 0 Å². The first-order chi connectivity index (χ1) is 4.76. The largest absolute Gasteiger partial charge is 0.479 e. The molecule has 0 heterocycles.